The molecule has 1 aliphatic rings. The van der Waals surface area contributed by atoms with Crippen molar-refractivity contribution in [3.05, 3.63) is 65.7 Å². The van der Waals surface area contributed by atoms with Crippen LogP contribution in [-0.2, 0) is 10.0 Å². The number of amides is 1. The summed E-state index contributed by atoms with van der Waals surface area (Å²) in [7, 11) is -3.57. The molecule has 3 rings (SSSR count). The van der Waals surface area contributed by atoms with Crippen LogP contribution in [0.1, 0.15) is 55.6 Å². The van der Waals surface area contributed by atoms with Crippen LogP contribution in [0.4, 0.5) is 0 Å². The summed E-state index contributed by atoms with van der Waals surface area (Å²) in [6, 6.07) is 16.3. The number of sulfonamides is 1. The molecular formula is C24H33N3O3S. The maximum atomic E-state index is 12.8. The van der Waals surface area contributed by atoms with Crippen molar-refractivity contribution in [3.8, 4) is 0 Å². The quantitative estimate of drug-likeness (QED) is 0.654. The van der Waals surface area contributed by atoms with Crippen LogP contribution >= 0.6 is 0 Å². The first-order valence-corrected chi connectivity index (χ1v) is 12.4. The van der Waals surface area contributed by atoms with E-state index >= 15 is 0 Å². The molecular weight excluding hydrogens is 410 g/mol. The molecule has 6 nitrogen and oxygen atoms in total. The van der Waals surface area contributed by atoms with E-state index in [9.17, 15) is 13.2 Å². The number of carbonyl (C=O) groups excluding carboxylic acids is 1. The maximum Gasteiger partial charge on any atom is 0.251 e. The number of nitrogens with zero attached hydrogens (tertiary/aromatic N) is 1. The van der Waals surface area contributed by atoms with E-state index in [1.54, 1.807) is 26.0 Å². The molecule has 1 fully saturated rings. The van der Waals surface area contributed by atoms with Gasteiger partial charge in [-0.2, -0.15) is 0 Å². The van der Waals surface area contributed by atoms with Gasteiger partial charge in [-0.3, -0.25) is 9.69 Å². The van der Waals surface area contributed by atoms with Gasteiger partial charge in [-0.15, -0.1) is 0 Å². The predicted molar refractivity (Wildman–Crippen MR) is 123 cm³/mol. The second-order valence-corrected chi connectivity index (χ2v) is 10.4. The third kappa shape index (κ3) is 6.38. The summed E-state index contributed by atoms with van der Waals surface area (Å²) in [4.78, 5) is 15.4. The number of carbonyl (C=O) groups is 1. The minimum atomic E-state index is -3.57. The van der Waals surface area contributed by atoms with E-state index in [2.05, 4.69) is 34.0 Å². The Balaban J connectivity index is 1.68. The molecule has 31 heavy (non-hydrogen) atoms. The van der Waals surface area contributed by atoms with Gasteiger partial charge < -0.3 is 5.32 Å². The van der Waals surface area contributed by atoms with Gasteiger partial charge >= 0.3 is 0 Å². The summed E-state index contributed by atoms with van der Waals surface area (Å²) >= 11 is 0. The number of rotatable bonds is 8. The van der Waals surface area contributed by atoms with Crippen molar-refractivity contribution in [3.63, 3.8) is 0 Å². The SMILES string of the molecule is CC1CCN(C(CNC(=O)c2ccc(S(=O)(=O)NC(C)C)cc2)c2ccccc2)CC1. The average Bonchev–Trinajstić information content (AvgIpc) is 2.75. The highest BCUT2D eigenvalue weighted by Gasteiger charge is 2.25. The lowest BCUT2D eigenvalue weighted by molar-refractivity contribution is 0.0913. The third-order valence-electron chi connectivity index (χ3n) is 5.72. The van der Waals surface area contributed by atoms with Crippen molar-refractivity contribution in [2.45, 2.75) is 50.6 Å². The fraction of sp³-hybridized carbons (Fsp3) is 0.458. The van der Waals surface area contributed by atoms with Gasteiger partial charge in [0.1, 0.15) is 0 Å². The first-order valence-electron chi connectivity index (χ1n) is 11.0. The second-order valence-electron chi connectivity index (χ2n) is 8.66. The second kappa shape index (κ2) is 10.4. The van der Waals surface area contributed by atoms with Crippen molar-refractivity contribution in [1.82, 2.24) is 14.9 Å². The number of hydrogen-bond donors (Lipinski definition) is 2. The molecule has 0 saturated carbocycles. The van der Waals surface area contributed by atoms with Crippen molar-refractivity contribution >= 4 is 15.9 Å². The van der Waals surface area contributed by atoms with Crippen LogP contribution in [-0.4, -0.2) is 44.9 Å². The summed E-state index contributed by atoms with van der Waals surface area (Å²) in [5.41, 5.74) is 1.64. The van der Waals surface area contributed by atoms with Crippen molar-refractivity contribution in [1.29, 1.82) is 0 Å². The molecule has 2 aromatic rings. The highest BCUT2D eigenvalue weighted by Crippen LogP contribution is 2.26. The predicted octanol–water partition coefficient (Wildman–Crippen LogP) is 3.58. The van der Waals surface area contributed by atoms with Crippen LogP contribution in [0.25, 0.3) is 0 Å². The first-order chi connectivity index (χ1) is 14.8. The Kier molecular flexibility index (Phi) is 7.86. The molecule has 2 N–H and O–H groups in total. The Hall–Kier alpha value is -2.22. The summed E-state index contributed by atoms with van der Waals surface area (Å²) in [6.45, 7) is 8.37. The Bertz CT molecular complexity index is 951. The fourth-order valence-electron chi connectivity index (χ4n) is 3.93. The lowest BCUT2D eigenvalue weighted by Gasteiger charge is -2.37. The molecule has 1 unspecified atom stereocenters. The van der Waals surface area contributed by atoms with E-state index in [0.29, 0.717) is 12.1 Å². The molecule has 7 heteroatoms. The number of hydrogen-bond acceptors (Lipinski definition) is 4. The van der Waals surface area contributed by atoms with Crippen LogP contribution in [0, 0.1) is 5.92 Å². The Morgan fingerprint density at radius 1 is 1.03 bits per heavy atom. The maximum absolute atomic E-state index is 12.8. The van der Waals surface area contributed by atoms with E-state index in [-0.39, 0.29) is 22.9 Å². The van der Waals surface area contributed by atoms with Crippen LogP contribution in [0.15, 0.2) is 59.5 Å². The van der Waals surface area contributed by atoms with Crippen LogP contribution in [0.2, 0.25) is 0 Å². The molecule has 1 amide bonds. The van der Waals surface area contributed by atoms with Gasteiger partial charge in [0.15, 0.2) is 0 Å². The highest BCUT2D eigenvalue weighted by molar-refractivity contribution is 7.89. The fourth-order valence-corrected chi connectivity index (χ4v) is 5.18. The Morgan fingerprint density at radius 3 is 2.23 bits per heavy atom. The zero-order valence-corrected chi connectivity index (χ0v) is 19.4. The Labute approximate surface area is 186 Å². The third-order valence-corrected chi connectivity index (χ3v) is 7.39. The first kappa shape index (κ1) is 23.4. The van der Waals surface area contributed by atoms with E-state index < -0.39 is 10.0 Å². The summed E-state index contributed by atoms with van der Waals surface area (Å²) in [6.07, 6.45) is 2.33. The van der Waals surface area contributed by atoms with Gasteiger partial charge in [0.2, 0.25) is 10.0 Å². The van der Waals surface area contributed by atoms with E-state index in [0.717, 1.165) is 31.8 Å². The minimum absolute atomic E-state index is 0.118. The van der Waals surface area contributed by atoms with Crippen molar-refractivity contribution in [2.24, 2.45) is 5.92 Å². The number of benzene rings is 2. The van der Waals surface area contributed by atoms with Gasteiger partial charge in [0.05, 0.1) is 10.9 Å². The van der Waals surface area contributed by atoms with E-state index in [1.165, 1.54) is 17.7 Å². The standard InChI is InChI=1S/C24H33N3O3S/c1-18(2)26-31(29,30)22-11-9-21(10-12-22)24(28)25-17-23(20-7-5-4-6-8-20)27-15-13-19(3)14-16-27/h4-12,18-19,23,26H,13-17H2,1-3H3,(H,25,28). The topological polar surface area (TPSA) is 78.5 Å². The van der Waals surface area contributed by atoms with Gasteiger partial charge in [-0.05, 0) is 75.5 Å². The van der Waals surface area contributed by atoms with Crippen molar-refractivity contribution < 1.29 is 13.2 Å². The van der Waals surface area contributed by atoms with Gasteiger partial charge in [0, 0.05) is 18.2 Å². The van der Waals surface area contributed by atoms with E-state index in [4.69, 9.17) is 0 Å². The molecule has 2 aromatic carbocycles. The monoisotopic (exact) mass is 443 g/mol. The Morgan fingerprint density at radius 2 is 1.65 bits per heavy atom. The van der Waals surface area contributed by atoms with Crippen LogP contribution < -0.4 is 10.0 Å². The van der Waals surface area contributed by atoms with Gasteiger partial charge in [-0.25, -0.2) is 13.1 Å². The zero-order valence-electron chi connectivity index (χ0n) is 18.5. The molecule has 1 aliphatic heterocycles. The molecule has 1 heterocycles. The molecule has 1 atom stereocenters. The summed E-state index contributed by atoms with van der Waals surface area (Å²) in [5, 5.41) is 3.05. The number of nitrogens with one attached hydrogen (secondary N) is 2. The lowest BCUT2D eigenvalue weighted by atomic mass is 9.95. The molecule has 168 valence electrons. The number of likely N-dealkylation sites (tertiary alicyclic amines) is 1. The highest BCUT2D eigenvalue weighted by atomic mass is 32.2. The van der Waals surface area contributed by atoms with Crippen LogP contribution in [0.3, 0.4) is 0 Å². The average molecular weight is 444 g/mol. The molecule has 0 spiro atoms. The summed E-state index contributed by atoms with van der Waals surface area (Å²) < 4.78 is 27.1. The molecule has 0 aromatic heterocycles. The van der Waals surface area contributed by atoms with Gasteiger partial charge in [-0.1, -0.05) is 37.3 Å². The van der Waals surface area contributed by atoms with Crippen molar-refractivity contribution in [2.75, 3.05) is 19.6 Å². The largest absolute Gasteiger partial charge is 0.350 e. The summed E-state index contributed by atoms with van der Waals surface area (Å²) in [5.74, 6) is 0.536. The molecule has 1 saturated heterocycles. The molecule has 0 bridgehead atoms. The lowest BCUT2D eigenvalue weighted by Crippen LogP contribution is -2.42. The number of piperidine rings is 1. The van der Waals surface area contributed by atoms with E-state index in [1.807, 2.05) is 18.2 Å². The molecule has 0 aliphatic carbocycles. The smallest absolute Gasteiger partial charge is 0.251 e. The molecule has 0 radical (unpaired) electrons. The van der Waals surface area contributed by atoms with Gasteiger partial charge in [0.25, 0.3) is 5.91 Å². The zero-order chi connectivity index (χ0) is 22.4. The minimum Gasteiger partial charge on any atom is -0.350 e. The normalized spacial score (nSPS) is 16.9. The van der Waals surface area contributed by atoms with Crippen LogP contribution in [0.5, 0.6) is 0 Å².